The first-order valence-electron chi connectivity index (χ1n) is 16.4. The fourth-order valence-electron chi connectivity index (χ4n) is 5.95. The summed E-state index contributed by atoms with van der Waals surface area (Å²) in [5.41, 5.74) is 0.130. The van der Waals surface area contributed by atoms with Gasteiger partial charge in [-0.05, 0) is 43.9 Å². The molecule has 0 aromatic rings. The molecule has 0 unspecified atom stereocenters. The summed E-state index contributed by atoms with van der Waals surface area (Å²) in [6.07, 6.45) is 32.5. The molecule has 0 fully saturated rings. The van der Waals surface area contributed by atoms with Crippen LogP contribution in [0.3, 0.4) is 0 Å². The Bertz CT molecular complexity index is 470. The molecule has 0 saturated heterocycles. The van der Waals surface area contributed by atoms with Gasteiger partial charge in [0.25, 0.3) is 0 Å². The molecular formula is C33H64O4. The Morgan fingerprint density at radius 3 is 0.919 bits per heavy atom. The minimum atomic E-state index is -0.711. The minimum absolute atomic E-state index is 0.130. The van der Waals surface area contributed by atoms with Gasteiger partial charge in [-0.1, -0.05) is 142 Å². The van der Waals surface area contributed by atoms with Crippen LogP contribution in [0.2, 0.25) is 0 Å². The van der Waals surface area contributed by atoms with Crippen LogP contribution in [0.25, 0.3) is 0 Å². The Morgan fingerprint density at radius 2 is 0.649 bits per heavy atom. The Labute approximate surface area is 230 Å². The van der Waals surface area contributed by atoms with Crippen LogP contribution in [-0.4, -0.2) is 22.2 Å². The highest BCUT2D eigenvalue weighted by Gasteiger charge is 2.29. The fourth-order valence-corrected chi connectivity index (χ4v) is 5.95. The molecule has 2 N–H and O–H groups in total. The lowest BCUT2D eigenvalue weighted by Crippen LogP contribution is -2.22. The number of carbonyl (C=O) groups is 2. The van der Waals surface area contributed by atoms with Crippen molar-refractivity contribution >= 4 is 11.9 Å². The molecule has 0 aromatic carbocycles. The molecule has 37 heavy (non-hydrogen) atoms. The largest absolute Gasteiger partial charge is 0.481 e. The summed E-state index contributed by atoms with van der Waals surface area (Å²) in [4.78, 5) is 22.4. The van der Waals surface area contributed by atoms with Crippen LogP contribution < -0.4 is 0 Å². The van der Waals surface area contributed by atoms with Crippen LogP contribution >= 0.6 is 0 Å². The summed E-state index contributed by atoms with van der Waals surface area (Å²) in [6.45, 7) is 4.53. The third kappa shape index (κ3) is 25.0. The number of unbranched alkanes of at least 4 members (excludes halogenated alkanes) is 18. The average Bonchev–Trinajstić information content (AvgIpc) is 2.86. The molecule has 0 saturated carbocycles. The van der Waals surface area contributed by atoms with Gasteiger partial charge in [-0.3, -0.25) is 9.59 Å². The van der Waals surface area contributed by atoms with Crippen molar-refractivity contribution in [1.29, 1.82) is 0 Å². The maximum absolute atomic E-state index is 11.2. The van der Waals surface area contributed by atoms with Crippen molar-refractivity contribution in [3.8, 4) is 0 Å². The Kier molecular flexibility index (Phi) is 25.8. The van der Waals surface area contributed by atoms with Gasteiger partial charge in [0.2, 0.25) is 0 Å². The number of rotatable bonds is 30. The zero-order valence-corrected chi connectivity index (χ0v) is 25.0. The van der Waals surface area contributed by atoms with Crippen molar-refractivity contribution in [1.82, 2.24) is 0 Å². The lowest BCUT2D eigenvalue weighted by molar-refractivity contribution is -0.138. The number of hydrogen-bond acceptors (Lipinski definition) is 2. The van der Waals surface area contributed by atoms with E-state index in [0.29, 0.717) is 0 Å². The smallest absolute Gasteiger partial charge is 0.303 e. The lowest BCUT2D eigenvalue weighted by Gasteiger charge is -2.35. The van der Waals surface area contributed by atoms with E-state index in [1.54, 1.807) is 0 Å². The van der Waals surface area contributed by atoms with E-state index >= 15 is 0 Å². The van der Waals surface area contributed by atoms with E-state index in [1.165, 1.54) is 128 Å². The summed E-state index contributed by atoms with van der Waals surface area (Å²) in [5, 5.41) is 18.4. The number of aliphatic carboxylic acids is 2. The molecular weight excluding hydrogens is 460 g/mol. The second-order valence-corrected chi connectivity index (χ2v) is 11.9. The standard InChI is InChI=1S/C33H64O4/c1-3-5-7-9-11-13-15-17-19-21-27-33(29-23-25-31(34)35,30-24-26-32(36)37)28-22-20-18-16-14-12-10-8-6-4-2/h3-30H2,1-2H3,(H,34,35)(H,36,37). The molecule has 0 spiro atoms. The van der Waals surface area contributed by atoms with Crippen LogP contribution in [0.1, 0.15) is 194 Å². The highest BCUT2D eigenvalue weighted by Crippen LogP contribution is 2.42. The van der Waals surface area contributed by atoms with Gasteiger partial charge in [0.05, 0.1) is 0 Å². The zero-order chi connectivity index (χ0) is 27.5. The van der Waals surface area contributed by atoms with E-state index in [9.17, 15) is 19.8 Å². The molecule has 0 bridgehead atoms. The van der Waals surface area contributed by atoms with Crippen LogP contribution in [0, 0.1) is 5.41 Å². The molecule has 0 aliphatic heterocycles. The summed E-state index contributed by atoms with van der Waals surface area (Å²) < 4.78 is 0. The van der Waals surface area contributed by atoms with E-state index in [4.69, 9.17) is 0 Å². The van der Waals surface area contributed by atoms with Crippen LogP contribution in [0.15, 0.2) is 0 Å². The van der Waals surface area contributed by atoms with E-state index < -0.39 is 11.9 Å². The molecule has 4 nitrogen and oxygen atoms in total. The molecule has 0 aliphatic carbocycles. The van der Waals surface area contributed by atoms with Crippen molar-refractivity contribution in [3.05, 3.63) is 0 Å². The highest BCUT2D eigenvalue weighted by molar-refractivity contribution is 5.66. The Balaban J connectivity index is 4.57. The molecule has 0 rings (SSSR count). The van der Waals surface area contributed by atoms with Gasteiger partial charge in [0.15, 0.2) is 0 Å². The second kappa shape index (κ2) is 26.5. The topological polar surface area (TPSA) is 74.6 Å². The normalized spacial score (nSPS) is 11.7. The van der Waals surface area contributed by atoms with Gasteiger partial charge < -0.3 is 10.2 Å². The maximum atomic E-state index is 11.2. The molecule has 0 aromatic heterocycles. The number of hydrogen-bond donors (Lipinski definition) is 2. The summed E-state index contributed by atoms with van der Waals surface area (Å²) >= 11 is 0. The lowest BCUT2D eigenvalue weighted by atomic mass is 9.71. The van der Waals surface area contributed by atoms with Gasteiger partial charge in [-0.15, -0.1) is 0 Å². The van der Waals surface area contributed by atoms with Crippen molar-refractivity contribution in [3.63, 3.8) is 0 Å². The molecule has 0 heterocycles. The molecule has 220 valence electrons. The number of carboxylic acid groups (broad SMARTS) is 2. The quantitative estimate of drug-likeness (QED) is 0.0916. The summed E-state index contributed by atoms with van der Waals surface area (Å²) in [6, 6.07) is 0. The highest BCUT2D eigenvalue weighted by atomic mass is 16.4. The number of carboxylic acids is 2. The van der Waals surface area contributed by atoms with E-state index in [0.717, 1.165) is 38.5 Å². The van der Waals surface area contributed by atoms with Gasteiger partial charge in [-0.2, -0.15) is 0 Å². The molecule has 0 radical (unpaired) electrons. The van der Waals surface area contributed by atoms with Crippen molar-refractivity contribution in [2.24, 2.45) is 5.41 Å². The van der Waals surface area contributed by atoms with E-state index in [1.807, 2.05) is 0 Å². The predicted octanol–water partition coefficient (Wildman–Crippen LogP) is 11.1. The van der Waals surface area contributed by atoms with Crippen LogP contribution in [-0.2, 0) is 9.59 Å². The van der Waals surface area contributed by atoms with Gasteiger partial charge in [-0.25, -0.2) is 0 Å². The van der Waals surface area contributed by atoms with Gasteiger partial charge in [0.1, 0.15) is 0 Å². The maximum Gasteiger partial charge on any atom is 0.303 e. The SMILES string of the molecule is CCCCCCCCCCCCC(CCCCCCCCCCCC)(CCCC(=O)O)CCCC(=O)O. The third-order valence-electron chi connectivity index (χ3n) is 8.32. The molecule has 0 atom stereocenters. The monoisotopic (exact) mass is 524 g/mol. The van der Waals surface area contributed by atoms with Crippen molar-refractivity contribution < 1.29 is 19.8 Å². The first kappa shape index (κ1) is 35.9. The first-order chi connectivity index (χ1) is 18.0. The van der Waals surface area contributed by atoms with Gasteiger partial charge in [0, 0.05) is 12.8 Å². The average molecular weight is 525 g/mol. The second-order valence-electron chi connectivity index (χ2n) is 11.9. The summed E-state index contributed by atoms with van der Waals surface area (Å²) in [7, 11) is 0. The van der Waals surface area contributed by atoms with Gasteiger partial charge >= 0.3 is 11.9 Å². The Hall–Kier alpha value is -1.06. The van der Waals surface area contributed by atoms with Crippen LogP contribution in [0.4, 0.5) is 0 Å². The Morgan fingerprint density at radius 1 is 0.405 bits per heavy atom. The van der Waals surface area contributed by atoms with Crippen molar-refractivity contribution in [2.75, 3.05) is 0 Å². The predicted molar refractivity (Wildman–Crippen MR) is 158 cm³/mol. The third-order valence-corrected chi connectivity index (χ3v) is 8.32. The zero-order valence-electron chi connectivity index (χ0n) is 25.0. The fraction of sp³-hybridized carbons (Fsp3) is 0.939. The van der Waals surface area contributed by atoms with Crippen molar-refractivity contribution in [2.45, 2.75) is 194 Å². The molecule has 4 heteroatoms. The summed E-state index contributed by atoms with van der Waals surface area (Å²) in [5.74, 6) is -1.42. The molecule has 0 aliphatic rings. The minimum Gasteiger partial charge on any atom is -0.481 e. The molecule has 0 amide bonds. The van der Waals surface area contributed by atoms with Crippen LogP contribution in [0.5, 0.6) is 0 Å². The van der Waals surface area contributed by atoms with E-state index in [-0.39, 0.29) is 18.3 Å². The van der Waals surface area contributed by atoms with E-state index in [2.05, 4.69) is 13.8 Å². The first-order valence-corrected chi connectivity index (χ1v) is 16.4.